The summed E-state index contributed by atoms with van der Waals surface area (Å²) >= 11 is 5.45. The number of hydrogen-bond acceptors (Lipinski definition) is 2. The lowest BCUT2D eigenvalue weighted by molar-refractivity contribution is 0.282. The molecule has 0 spiro atoms. The van der Waals surface area contributed by atoms with E-state index < -0.39 is 17.4 Å². The smallest absolute Gasteiger partial charge is 0.192 e. The molecule has 1 aromatic rings. The Balaban J connectivity index is 2.79. The third-order valence-electron chi connectivity index (χ3n) is 1.60. The van der Waals surface area contributed by atoms with Crippen molar-refractivity contribution in [1.82, 2.24) is 0 Å². The van der Waals surface area contributed by atoms with Gasteiger partial charge in [0.15, 0.2) is 17.4 Å². The summed E-state index contributed by atoms with van der Waals surface area (Å²) in [6.07, 6.45) is 0.533. The SMILES string of the molecule is NCCCOc1c(F)ccc(Cl)c1F. The van der Waals surface area contributed by atoms with Crippen molar-refractivity contribution in [2.24, 2.45) is 5.73 Å². The summed E-state index contributed by atoms with van der Waals surface area (Å²) in [6.45, 7) is 0.578. The number of benzene rings is 1. The normalized spacial score (nSPS) is 10.3. The van der Waals surface area contributed by atoms with Crippen LogP contribution in [0.4, 0.5) is 8.78 Å². The summed E-state index contributed by atoms with van der Waals surface area (Å²) in [4.78, 5) is 0. The number of rotatable bonds is 4. The molecule has 0 saturated heterocycles. The summed E-state index contributed by atoms with van der Waals surface area (Å²) in [7, 11) is 0. The summed E-state index contributed by atoms with van der Waals surface area (Å²) in [5.41, 5.74) is 5.21. The molecule has 0 heterocycles. The number of ether oxygens (including phenoxy) is 1. The van der Waals surface area contributed by atoms with Crippen LogP contribution in [0.25, 0.3) is 0 Å². The molecule has 0 saturated carbocycles. The molecule has 0 bridgehead atoms. The second-order valence-electron chi connectivity index (χ2n) is 2.66. The quantitative estimate of drug-likeness (QED) is 0.626. The molecule has 78 valence electrons. The van der Waals surface area contributed by atoms with Crippen LogP contribution in [-0.4, -0.2) is 13.2 Å². The van der Waals surface area contributed by atoms with Crippen LogP contribution in [0.2, 0.25) is 5.02 Å². The first kappa shape index (κ1) is 11.2. The zero-order valence-electron chi connectivity index (χ0n) is 7.40. The van der Waals surface area contributed by atoms with Crippen LogP contribution in [-0.2, 0) is 0 Å². The van der Waals surface area contributed by atoms with Crippen molar-refractivity contribution in [2.45, 2.75) is 6.42 Å². The molecular weight excluding hydrogens is 212 g/mol. The van der Waals surface area contributed by atoms with E-state index in [0.29, 0.717) is 13.0 Å². The average molecular weight is 222 g/mol. The van der Waals surface area contributed by atoms with Gasteiger partial charge >= 0.3 is 0 Å². The Kier molecular flexibility index (Phi) is 4.10. The van der Waals surface area contributed by atoms with E-state index in [2.05, 4.69) is 0 Å². The zero-order valence-corrected chi connectivity index (χ0v) is 8.15. The van der Waals surface area contributed by atoms with Crippen molar-refractivity contribution < 1.29 is 13.5 Å². The van der Waals surface area contributed by atoms with Gasteiger partial charge in [0.1, 0.15) is 0 Å². The fourth-order valence-electron chi connectivity index (χ4n) is 0.898. The van der Waals surface area contributed by atoms with E-state index in [1.54, 1.807) is 0 Å². The zero-order chi connectivity index (χ0) is 10.6. The van der Waals surface area contributed by atoms with E-state index in [0.717, 1.165) is 12.1 Å². The third-order valence-corrected chi connectivity index (χ3v) is 1.89. The van der Waals surface area contributed by atoms with Gasteiger partial charge in [0.2, 0.25) is 0 Å². The van der Waals surface area contributed by atoms with E-state index in [-0.39, 0.29) is 11.6 Å². The molecule has 0 aliphatic rings. The molecule has 0 amide bonds. The number of halogens is 3. The Morgan fingerprint density at radius 3 is 2.71 bits per heavy atom. The number of hydrogen-bond donors (Lipinski definition) is 1. The lowest BCUT2D eigenvalue weighted by Crippen LogP contribution is -2.08. The van der Waals surface area contributed by atoms with Crippen molar-refractivity contribution >= 4 is 11.6 Å². The fraction of sp³-hybridized carbons (Fsp3) is 0.333. The Hall–Kier alpha value is -0.870. The summed E-state index contributed by atoms with van der Waals surface area (Å²) < 4.78 is 31.0. The average Bonchev–Trinajstić information content (AvgIpc) is 2.18. The predicted octanol–water partition coefficient (Wildman–Crippen LogP) is 2.35. The van der Waals surface area contributed by atoms with Gasteiger partial charge < -0.3 is 10.5 Å². The second kappa shape index (κ2) is 5.12. The molecule has 0 atom stereocenters. The van der Waals surface area contributed by atoms with E-state index in [4.69, 9.17) is 22.1 Å². The molecule has 0 aromatic heterocycles. The summed E-state index contributed by atoms with van der Waals surface area (Å²) in [5, 5.41) is -0.158. The topological polar surface area (TPSA) is 35.2 Å². The van der Waals surface area contributed by atoms with Crippen LogP contribution >= 0.6 is 11.6 Å². The van der Waals surface area contributed by atoms with Crippen molar-refractivity contribution in [3.8, 4) is 5.75 Å². The molecule has 0 fully saturated rings. The standard InChI is InChI=1S/C9H10ClF2NO/c10-6-2-3-7(11)9(8(6)12)14-5-1-4-13/h2-3H,1,4-5,13H2. The van der Waals surface area contributed by atoms with Gasteiger partial charge in [-0.15, -0.1) is 0 Å². The minimum atomic E-state index is -0.872. The minimum absolute atomic E-state index is 0.158. The molecule has 0 aliphatic heterocycles. The van der Waals surface area contributed by atoms with Gasteiger partial charge in [-0.2, -0.15) is 0 Å². The monoisotopic (exact) mass is 221 g/mol. The second-order valence-corrected chi connectivity index (χ2v) is 3.07. The molecular formula is C9H10ClF2NO. The lowest BCUT2D eigenvalue weighted by atomic mass is 10.3. The van der Waals surface area contributed by atoms with Gasteiger partial charge in [-0.1, -0.05) is 11.6 Å². The van der Waals surface area contributed by atoms with Crippen LogP contribution in [0.1, 0.15) is 6.42 Å². The summed E-state index contributed by atoms with van der Waals surface area (Å²) in [6, 6.07) is 2.20. The highest BCUT2D eigenvalue weighted by molar-refractivity contribution is 6.30. The molecule has 1 rings (SSSR count). The molecule has 0 radical (unpaired) electrons. The van der Waals surface area contributed by atoms with Crippen LogP contribution in [0.15, 0.2) is 12.1 Å². The largest absolute Gasteiger partial charge is 0.488 e. The van der Waals surface area contributed by atoms with Gasteiger partial charge in [-0.3, -0.25) is 0 Å². The van der Waals surface area contributed by atoms with Crippen LogP contribution in [0.3, 0.4) is 0 Å². The van der Waals surface area contributed by atoms with Gasteiger partial charge in [0.25, 0.3) is 0 Å². The highest BCUT2D eigenvalue weighted by Gasteiger charge is 2.13. The predicted molar refractivity (Wildman–Crippen MR) is 50.5 cm³/mol. The molecule has 2 nitrogen and oxygen atoms in total. The van der Waals surface area contributed by atoms with Gasteiger partial charge in [-0.25, -0.2) is 8.78 Å². The Labute approximate surface area is 85.6 Å². The highest BCUT2D eigenvalue weighted by Crippen LogP contribution is 2.27. The van der Waals surface area contributed by atoms with E-state index in [1.165, 1.54) is 0 Å². The van der Waals surface area contributed by atoms with Crippen molar-refractivity contribution in [1.29, 1.82) is 0 Å². The van der Waals surface area contributed by atoms with Gasteiger partial charge in [-0.05, 0) is 25.1 Å². The van der Waals surface area contributed by atoms with E-state index in [9.17, 15) is 8.78 Å². The Morgan fingerprint density at radius 2 is 2.07 bits per heavy atom. The minimum Gasteiger partial charge on any atom is -0.488 e. The maximum Gasteiger partial charge on any atom is 0.192 e. The molecule has 0 unspecified atom stereocenters. The molecule has 5 heteroatoms. The van der Waals surface area contributed by atoms with E-state index >= 15 is 0 Å². The maximum atomic E-state index is 13.2. The van der Waals surface area contributed by atoms with Crippen molar-refractivity contribution in [3.63, 3.8) is 0 Å². The molecule has 14 heavy (non-hydrogen) atoms. The van der Waals surface area contributed by atoms with Crippen LogP contribution in [0, 0.1) is 11.6 Å². The molecule has 0 aliphatic carbocycles. The van der Waals surface area contributed by atoms with Gasteiger partial charge in [0.05, 0.1) is 11.6 Å². The first-order valence-corrected chi connectivity index (χ1v) is 4.51. The maximum absolute atomic E-state index is 13.2. The molecule has 2 N–H and O–H groups in total. The molecule has 1 aromatic carbocycles. The summed E-state index contributed by atoms with van der Waals surface area (Å²) in [5.74, 6) is -2.07. The van der Waals surface area contributed by atoms with Crippen molar-refractivity contribution in [3.05, 3.63) is 28.8 Å². The highest BCUT2D eigenvalue weighted by atomic mass is 35.5. The first-order valence-electron chi connectivity index (χ1n) is 4.13. The van der Waals surface area contributed by atoms with Crippen LogP contribution in [0.5, 0.6) is 5.75 Å². The number of nitrogens with two attached hydrogens (primary N) is 1. The van der Waals surface area contributed by atoms with Crippen LogP contribution < -0.4 is 10.5 Å². The Bertz CT molecular complexity index is 320. The van der Waals surface area contributed by atoms with E-state index in [1.807, 2.05) is 0 Å². The third kappa shape index (κ3) is 2.56. The Morgan fingerprint density at radius 1 is 1.36 bits per heavy atom. The fourth-order valence-corrected chi connectivity index (χ4v) is 1.05. The van der Waals surface area contributed by atoms with Crippen molar-refractivity contribution in [2.75, 3.05) is 13.2 Å². The lowest BCUT2D eigenvalue weighted by Gasteiger charge is -2.07. The first-order chi connectivity index (χ1) is 6.66. The van der Waals surface area contributed by atoms with Gasteiger partial charge in [0, 0.05) is 0 Å².